The molecule has 0 aromatic rings. The third-order valence-corrected chi connectivity index (χ3v) is 4.69. The van der Waals surface area contributed by atoms with Crippen LogP contribution in [-0.2, 0) is 9.53 Å². The van der Waals surface area contributed by atoms with Gasteiger partial charge >= 0.3 is 5.97 Å². The smallest absolute Gasteiger partial charge is 0.312 e. The van der Waals surface area contributed by atoms with E-state index in [2.05, 4.69) is 27.7 Å². The molecule has 0 rings (SSSR count). The second-order valence-electron chi connectivity index (χ2n) is 5.95. The predicted molar refractivity (Wildman–Crippen MR) is 91.9 cm³/mol. The second kappa shape index (κ2) is 14.4. The lowest BCUT2D eigenvalue weighted by atomic mass is 9.80. The topological polar surface area (TPSA) is 61.3 Å². The molecule has 0 aromatic heterocycles. The van der Waals surface area contributed by atoms with Crippen molar-refractivity contribution in [3.05, 3.63) is 0 Å². The first-order valence-electron chi connectivity index (χ1n) is 8.84. The summed E-state index contributed by atoms with van der Waals surface area (Å²) in [5.74, 6) is 0.0212. The number of hydrogen-bond donors (Lipinski definition) is 1. The van der Waals surface area contributed by atoms with Crippen molar-refractivity contribution in [1.29, 1.82) is 0 Å². The lowest BCUT2D eigenvalue weighted by Crippen LogP contribution is -2.31. The SMILES string of the molecule is CCCCCCCCCCOC(=O)C(CC)(CC)CC.N. The van der Waals surface area contributed by atoms with E-state index in [1.807, 2.05) is 0 Å². The Morgan fingerprint density at radius 2 is 1.19 bits per heavy atom. The number of unbranched alkanes of at least 4 members (excludes halogenated alkanes) is 7. The van der Waals surface area contributed by atoms with Crippen LogP contribution in [0.4, 0.5) is 0 Å². The van der Waals surface area contributed by atoms with Crippen molar-refractivity contribution in [3.63, 3.8) is 0 Å². The Kier molecular flexibility index (Phi) is 15.5. The van der Waals surface area contributed by atoms with Crippen molar-refractivity contribution in [1.82, 2.24) is 6.15 Å². The summed E-state index contributed by atoms with van der Waals surface area (Å²) in [6, 6.07) is 0. The van der Waals surface area contributed by atoms with Gasteiger partial charge in [-0.15, -0.1) is 0 Å². The molecule has 0 heterocycles. The van der Waals surface area contributed by atoms with E-state index in [1.54, 1.807) is 0 Å². The molecule has 0 saturated carbocycles. The summed E-state index contributed by atoms with van der Waals surface area (Å²) >= 11 is 0. The Hall–Kier alpha value is -0.570. The van der Waals surface area contributed by atoms with Crippen molar-refractivity contribution in [2.75, 3.05) is 6.61 Å². The molecule has 3 nitrogen and oxygen atoms in total. The van der Waals surface area contributed by atoms with Crippen LogP contribution >= 0.6 is 0 Å². The fourth-order valence-corrected chi connectivity index (χ4v) is 2.74. The molecule has 0 saturated heterocycles. The molecular weight excluding hydrogens is 262 g/mol. The Balaban J connectivity index is 0. The minimum Gasteiger partial charge on any atom is -0.465 e. The molecule has 3 heteroatoms. The van der Waals surface area contributed by atoms with Gasteiger partial charge < -0.3 is 10.9 Å². The fraction of sp³-hybridized carbons (Fsp3) is 0.944. The zero-order valence-electron chi connectivity index (χ0n) is 15.0. The van der Waals surface area contributed by atoms with Crippen LogP contribution < -0.4 is 6.15 Å². The summed E-state index contributed by atoms with van der Waals surface area (Å²) in [4.78, 5) is 12.1. The van der Waals surface area contributed by atoms with Gasteiger partial charge in [-0.3, -0.25) is 4.79 Å². The maximum atomic E-state index is 12.1. The largest absolute Gasteiger partial charge is 0.465 e. The first-order valence-corrected chi connectivity index (χ1v) is 8.84. The second-order valence-corrected chi connectivity index (χ2v) is 5.95. The van der Waals surface area contributed by atoms with E-state index >= 15 is 0 Å². The van der Waals surface area contributed by atoms with E-state index in [0.717, 1.165) is 25.7 Å². The van der Waals surface area contributed by atoms with Gasteiger partial charge in [-0.25, -0.2) is 0 Å². The molecule has 0 aromatic carbocycles. The van der Waals surface area contributed by atoms with Crippen LogP contribution in [0.5, 0.6) is 0 Å². The average molecular weight is 302 g/mol. The summed E-state index contributed by atoms with van der Waals surface area (Å²) in [7, 11) is 0. The zero-order valence-corrected chi connectivity index (χ0v) is 15.0. The number of esters is 1. The lowest BCUT2D eigenvalue weighted by molar-refractivity contribution is -0.157. The zero-order chi connectivity index (χ0) is 15.3. The van der Waals surface area contributed by atoms with Gasteiger partial charge in [0.05, 0.1) is 12.0 Å². The standard InChI is InChI=1S/C18H36O2.H3N/c1-5-9-10-11-12-13-14-15-16-20-17(19)18(6-2,7-3)8-4;/h5-16H2,1-4H3;1H3. The van der Waals surface area contributed by atoms with Crippen molar-refractivity contribution in [2.24, 2.45) is 5.41 Å². The van der Waals surface area contributed by atoms with Crippen molar-refractivity contribution >= 4 is 5.97 Å². The van der Waals surface area contributed by atoms with Crippen molar-refractivity contribution < 1.29 is 9.53 Å². The van der Waals surface area contributed by atoms with Gasteiger partial charge in [-0.05, 0) is 25.7 Å². The van der Waals surface area contributed by atoms with Crippen LogP contribution in [0.2, 0.25) is 0 Å². The molecule has 0 aliphatic rings. The van der Waals surface area contributed by atoms with Crippen LogP contribution in [0.1, 0.15) is 98.3 Å². The molecule has 0 radical (unpaired) electrons. The third kappa shape index (κ3) is 9.13. The van der Waals surface area contributed by atoms with Crippen molar-refractivity contribution in [2.45, 2.75) is 98.3 Å². The van der Waals surface area contributed by atoms with E-state index in [4.69, 9.17) is 4.74 Å². The van der Waals surface area contributed by atoms with E-state index in [0.29, 0.717) is 6.61 Å². The van der Waals surface area contributed by atoms with Crippen LogP contribution in [0.25, 0.3) is 0 Å². The van der Waals surface area contributed by atoms with E-state index < -0.39 is 0 Å². The normalized spacial score (nSPS) is 11.0. The van der Waals surface area contributed by atoms with Crippen LogP contribution in [0.3, 0.4) is 0 Å². The highest BCUT2D eigenvalue weighted by Crippen LogP contribution is 2.31. The van der Waals surface area contributed by atoms with Crippen LogP contribution in [0, 0.1) is 5.41 Å². The maximum absolute atomic E-state index is 12.1. The number of carbonyl (C=O) groups excluding carboxylic acids is 1. The van der Waals surface area contributed by atoms with E-state index in [9.17, 15) is 4.79 Å². The van der Waals surface area contributed by atoms with Gasteiger partial charge in [0, 0.05) is 0 Å². The molecule has 21 heavy (non-hydrogen) atoms. The molecule has 0 aliphatic heterocycles. The lowest BCUT2D eigenvalue weighted by Gasteiger charge is -2.27. The van der Waals surface area contributed by atoms with Gasteiger partial charge in [0.15, 0.2) is 0 Å². The average Bonchev–Trinajstić information content (AvgIpc) is 2.48. The molecule has 128 valence electrons. The number of rotatable bonds is 13. The monoisotopic (exact) mass is 301 g/mol. The molecule has 0 aliphatic carbocycles. The summed E-state index contributed by atoms with van der Waals surface area (Å²) in [6.45, 7) is 9.12. The van der Waals surface area contributed by atoms with Gasteiger partial charge in [0.2, 0.25) is 0 Å². The molecule has 0 fully saturated rings. The Bertz CT molecular complexity index is 229. The molecule has 0 atom stereocenters. The minimum atomic E-state index is -0.236. The van der Waals surface area contributed by atoms with E-state index in [-0.39, 0.29) is 17.5 Å². The Morgan fingerprint density at radius 3 is 1.62 bits per heavy atom. The third-order valence-electron chi connectivity index (χ3n) is 4.69. The summed E-state index contributed by atoms with van der Waals surface area (Å²) in [5, 5.41) is 0. The number of hydrogen-bond acceptors (Lipinski definition) is 3. The highest BCUT2D eigenvalue weighted by Gasteiger charge is 2.34. The van der Waals surface area contributed by atoms with Gasteiger partial charge in [-0.1, -0.05) is 72.6 Å². The van der Waals surface area contributed by atoms with Crippen LogP contribution in [-0.4, -0.2) is 12.6 Å². The predicted octanol–water partition coefficient (Wildman–Crippen LogP) is 6.05. The quantitative estimate of drug-likeness (QED) is 0.333. The maximum Gasteiger partial charge on any atom is 0.312 e. The van der Waals surface area contributed by atoms with Crippen molar-refractivity contribution in [3.8, 4) is 0 Å². The molecule has 0 bridgehead atoms. The molecular formula is C18H39NO2. The Morgan fingerprint density at radius 1 is 0.762 bits per heavy atom. The van der Waals surface area contributed by atoms with Crippen LogP contribution in [0.15, 0.2) is 0 Å². The van der Waals surface area contributed by atoms with Gasteiger partial charge in [-0.2, -0.15) is 0 Å². The molecule has 0 spiro atoms. The Labute approximate surface area is 132 Å². The number of carbonyl (C=O) groups is 1. The molecule has 0 unspecified atom stereocenters. The highest BCUT2D eigenvalue weighted by molar-refractivity contribution is 5.76. The molecule has 0 amide bonds. The first-order chi connectivity index (χ1) is 9.66. The highest BCUT2D eigenvalue weighted by atomic mass is 16.5. The fourth-order valence-electron chi connectivity index (χ4n) is 2.74. The van der Waals surface area contributed by atoms with Gasteiger partial charge in [0.1, 0.15) is 0 Å². The number of ether oxygens (including phenoxy) is 1. The summed E-state index contributed by atoms with van der Waals surface area (Å²) < 4.78 is 5.49. The molecule has 3 N–H and O–H groups in total. The van der Waals surface area contributed by atoms with Gasteiger partial charge in [0.25, 0.3) is 0 Å². The first kappa shape index (κ1) is 22.7. The summed E-state index contributed by atoms with van der Waals surface area (Å²) in [6.07, 6.45) is 12.9. The van der Waals surface area contributed by atoms with E-state index in [1.165, 1.54) is 44.9 Å². The minimum absolute atomic E-state index is 0. The summed E-state index contributed by atoms with van der Waals surface area (Å²) in [5.41, 5.74) is -0.236.